The average molecular weight is 113 g/mol. The van der Waals surface area contributed by atoms with Crippen LogP contribution in [0.3, 0.4) is 0 Å². The van der Waals surface area contributed by atoms with Crippen molar-refractivity contribution in [2.24, 2.45) is 5.73 Å². The second-order valence-corrected chi connectivity index (χ2v) is 1.42. The summed E-state index contributed by atoms with van der Waals surface area (Å²) in [5.74, 6) is 0.313. The second-order valence-electron chi connectivity index (χ2n) is 1.42. The molecule has 0 aliphatic heterocycles. The molecule has 8 heavy (non-hydrogen) atoms. The van der Waals surface area contributed by atoms with Crippen LogP contribution in [0.1, 0.15) is 5.56 Å². The van der Waals surface area contributed by atoms with Gasteiger partial charge < -0.3 is 16.0 Å². The van der Waals surface area contributed by atoms with Gasteiger partial charge in [-0.3, -0.25) is 0 Å². The van der Waals surface area contributed by atoms with Gasteiger partial charge >= 0.3 is 0 Å². The fourth-order valence-electron chi connectivity index (χ4n) is 0.422. The monoisotopic (exact) mass is 113 g/mol. The highest BCUT2D eigenvalue weighted by molar-refractivity contribution is 5.32. The number of aromatic nitrogens is 1. The number of rotatable bonds is 1. The molecule has 4 N–H and O–H groups in total. The fourth-order valence-corrected chi connectivity index (χ4v) is 0.422. The number of nitrogens with zero attached hydrogens (tertiary/aromatic N) is 1. The molecule has 0 radical (unpaired) electrons. The Kier molecular flexibility index (Phi) is 1.17. The minimum absolute atomic E-state index is 0.313. The minimum Gasteiger partial charge on any atom is -0.367 e. The van der Waals surface area contributed by atoms with Gasteiger partial charge in [0.15, 0.2) is 0 Å². The Morgan fingerprint density at radius 3 is 2.75 bits per heavy atom. The van der Waals surface area contributed by atoms with Gasteiger partial charge in [-0.15, -0.1) is 0 Å². The first kappa shape index (κ1) is 5.11. The Labute approximate surface area is 46.4 Å². The summed E-state index contributed by atoms with van der Waals surface area (Å²) in [4.78, 5) is 0. The summed E-state index contributed by atoms with van der Waals surface area (Å²) < 4.78 is 4.50. The van der Waals surface area contributed by atoms with Gasteiger partial charge in [-0.05, 0) is 0 Å². The third kappa shape index (κ3) is 0.651. The highest BCUT2D eigenvalue weighted by Gasteiger charge is 1.97. The Bertz CT molecular complexity index is 172. The molecule has 0 fully saturated rings. The van der Waals surface area contributed by atoms with Crippen LogP contribution in [0.15, 0.2) is 10.7 Å². The number of hydrogen-bond donors (Lipinski definition) is 2. The number of anilines is 1. The van der Waals surface area contributed by atoms with Gasteiger partial charge in [0, 0.05) is 12.1 Å². The van der Waals surface area contributed by atoms with E-state index in [0.717, 1.165) is 5.56 Å². The number of nitrogens with two attached hydrogens (primary N) is 2. The van der Waals surface area contributed by atoms with Crippen molar-refractivity contribution >= 4 is 5.88 Å². The molecule has 0 aliphatic carbocycles. The Balaban J connectivity index is 2.92. The lowest BCUT2D eigenvalue weighted by molar-refractivity contribution is 0.436. The van der Waals surface area contributed by atoms with E-state index >= 15 is 0 Å². The summed E-state index contributed by atoms with van der Waals surface area (Å²) >= 11 is 0. The molecule has 0 amide bonds. The second kappa shape index (κ2) is 1.83. The molecule has 1 aromatic rings. The van der Waals surface area contributed by atoms with Crippen LogP contribution < -0.4 is 11.5 Å². The third-order valence-electron chi connectivity index (χ3n) is 0.896. The molecule has 0 aliphatic rings. The maximum absolute atomic E-state index is 5.24. The van der Waals surface area contributed by atoms with E-state index in [-0.39, 0.29) is 0 Å². The normalized spacial score (nSPS) is 9.62. The molecule has 0 unspecified atom stereocenters. The molecule has 4 heteroatoms. The van der Waals surface area contributed by atoms with Gasteiger partial charge in [0.1, 0.15) is 0 Å². The summed E-state index contributed by atoms with van der Waals surface area (Å²) in [6.45, 7) is 0.384. The molecule has 0 saturated carbocycles. The lowest BCUT2D eigenvalue weighted by Crippen LogP contribution is -1.97. The summed E-state index contributed by atoms with van der Waals surface area (Å²) in [5.41, 5.74) is 11.2. The zero-order valence-corrected chi connectivity index (χ0v) is 4.29. The van der Waals surface area contributed by atoms with Crippen molar-refractivity contribution in [1.82, 2.24) is 5.16 Å². The molecule has 4 nitrogen and oxygen atoms in total. The van der Waals surface area contributed by atoms with Crippen molar-refractivity contribution in [3.63, 3.8) is 0 Å². The van der Waals surface area contributed by atoms with E-state index in [2.05, 4.69) is 9.68 Å². The number of hydrogen-bond acceptors (Lipinski definition) is 4. The van der Waals surface area contributed by atoms with E-state index in [1.807, 2.05) is 0 Å². The van der Waals surface area contributed by atoms with Crippen LogP contribution in [0.5, 0.6) is 0 Å². The summed E-state index contributed by atoms with van der Waals surface area (Å²) in [7, 11) is 0. The average Bonchev–Trinajstić information content (AvgIpc) is 2.14. The molecule has 1 rings (SSSR count). The number of nitrogen functional groups attached to an aromatic ring is 1. The van der Waals surface area contributed by atoms with E-state index in [1.165, 1.54) is 6.20 Å². The van der Waals surface area contributed by atoms with Crippen molar-refractivity contribution in [1.29, 1.82) is 0 Å². The van der Waals surface area contributed by atoms with Crippen molar-refractivity contribution in [2.45, 2.75) is 6.54 Å². The Morgan fingerprint density at radius 2 is 2.50 bits per heavy atom. The van der Waals surface area contributed by atoms with Crippen LogP contribution in [-0.2, 0) is 6.54 Å². The summed E-state index contributed by atoms with van der Waals surface area (Å²) in [6.07, 6.45) is 1.51. The predicted octanol–water partition coefficient (Wildman–Crippen LogP) is -0.285. The maximum atomic E-state index is 5.24. The molecular weight excluding hydrogens is 106 g/mol. The van der Waals surface area contributed by atoms with Gasteiger partial charge in [0.25, 0.3) is 0 Å². The first-order valence-electron chi connectivity index (χ1n) is 2.23. The maximum Gasteiger partial charge on any atom is 0.226 e. The lowest BCUT2D eigenvalue weighted by Gasteiger charge is -1.84. The molecule has 1 aromatic heterocycles. The van der Waals surface area contributed by atoms with Crippen molar-refractivity contribution in [3.8, 4) is 0 Å². The molecule has 0 saturated heterocycles. The highest BCUT2D eigenvalue weighted by atomic mass is 16.5. The first-order chi connectivity index (χ1) is 3.84. The Morgan fingerprint density at radius 1 is 1.75 bits per heavy atom. The standard InChI is InChI=1S/C4H7N3O/c5-1-3-2-7-8-4(3)6/h2H,1,5-6H2. The lowest BCUT2D eigenvalue weighted by atomic mass is 10.3. The van der Waals surface area contributed by atoms with Gasteiger partial charge in [-0.25, -0.2) is 0 Å². The van der Waals surface area contributed by atoms with Crippen LogP contribution in [0.2, 0.25) is 0 Å². The molecule has 1 heterocycles. The van der Waals surface area contributed by atoms with Crippen LogP contribution in [0.4, 0.5) is 5.88 Å². The fraction of sp³-hybridized carbons (Fsp3) is 0.250. The van der Waals surface area contributed by atoms with E-state index in [0.29, 0.717) is 12.4 Å². The zero-order chi connectivity index (χ0) is 5.98. The molecule has 0 spiro atoms. The topological polar surface area (TPSA) is 78.1 Å². The summed E-state index contributed by atoms with van der Waals surface area (Å²) in [6, 6.07) is 0. The predicted molar refractivity (Wildman–Crippen MR) is 28.8 cm³/mol. The molecule has 44 valence electrons. The van der Waals surface area contributed by atoms with Gasteiger partial charge in [0.05, 0.1) is 6.20 Å². The first-order valence-corrected chi connectivity index (χ1v) is 2.23. The minimum atomic E-state index is 0.313. The zero-order valence-electron chi connectivity index (χ0n) is 4.29. The van der Waals surface area contributed by atoms with Crippen LogP contribution in [0.25, 0.3) is 0 Å². The van der Waals surface area contributed by atoms with E-state index in [1.54, 1.807) is 0 Å². The van der Waals surface area contributed by atoms with Crippen LogP contribution in [0, 0.1) is 0 Å². The quantitative estimate of drug-likeness (QED) is 0.524. The SMILES string of the molecule is NCc1cnoc1N. The molecule has 0 atom stereocenters. The van der Waals surface area contributed by atoms with Crippen molar-refractivity contribution < 1.29 is 4.52 Å². The van der Waals surface area contributed by atoms with E-state index in [9.17, 15) is 0 Å². The Hall–Kier alpha value is -1.03. The molecule has 0 aromatic carbocycles. The van der Waals surface area contributed by atoms with E-state index < -0.39 is 0 Å². The van der Waals surface area contributed by atoms with Crippen molar-refractivity contribution in [2.75, 3.05) is 5.73 Å². The molecular formula is C4H7N3O. The smallest absolute Gasteiger partial charge is 0.226 e. The van der Waals surface area contributed by atoms with Crippen molar-refractivity contribution in [3.05, 3.63) is 11.8 Å². The largest absolute Gasteiger partial charge is 0.367 e. The molecule has 0 bridgehead atoms. The third-order valence-corrected chi connectivity index (χ3v) is 0.896. The van der Waals surface area contributed by atoms with Gasteiger partial charge in [-0.2, -0.15) is 0 Å². The van der Waals surface area contributed by atoms with Crippen LogP contribution >= 0.6 is 0 Å². The highest BCUT2D eigenvalue weighted by Crippen LogP contribution is 2.06. The van der Waals surface area contributed by atoms with E-state index in [4.69, 9.17) is 11.5 Å². The van der Waals surface area contributed by atoms with Gasteiger partial charge in [0.2, 0.25) is 5.88 Å². The van der Waals surface area contributed by atoms with Crippen LogP contribution in [-0.4, -0.2) is 5.16 Å². The van der Waals surface area contributed by atoms with Gasteiger partial charge in [-0.1, -0.05) is 5.16 Å². The summed E-state index contributed by atoms with van der Waals surface area (Å²) in [5, 5.41) is 3.41.